The standard InChI is InChI=1S/C20H28F2N6O4/c21-16-9-14(27-12-15(11-23)32-20(27)30)10-17(22)18(16)26-5-6-28(31-8-7-26)19(29)25-13-1-3-24-4-2-13/h9-10,13,15,24H,1-8,11-12,23H2,(H,25,29)/t15-/m0/s1. The maximum Gasteiger partial charge on any atom is 0.414 e. The normalized spacial score (nSPS) is 22.7. The van der Waals surface area contributed by atoms with E-state index in [2.05, 4.69) is 10.6 Å². The number of cyclic esters (lactones) is 1. The molecule has 0 aliphatic carbocycles. The topological polar surface area (TPSA) is 112 Å². The molecule has 0 bridgehead atoms. The van der Waals surface area contributed by atoms with Gasteiger partial charge in [-0.1, -0.05) is 0 Å². The summed E-state index contributed by atoms with van der Waals surface area (Å²) in [6.07, 6.45) is 0.472. The molecule has 10 nitrogen and oxygen atoms in total. The number of hydrogen-bond acceptors (Lipinski definition) is 7. The Balaban J connectivity index is 1.41. The quantitative estimate of drug-likeness (QED) is 0.616. The van der Waals surface area contributed by atoms with E-state index in [1.807, 2.05) is 0 Å². The van der Waals surface area contributed by atoms with Crippen molar-refractivity contribution in [2.45, 2.75) is 25.0 Å². The van der Waals surface area contributed by atoms with Crippen molar-refractivity contribution < 1.29 is 27.9 Å². The first-order chi connectivity index (χ1) is 15.5. The average molecular weight is 454 g/mol. The van der Waals surface area contributed by atoms with E-state index < -0.39 is 23.8 Å². The van der Waals surface area contributed by atoms with Gasteiger partial charge in [-0.2, -0.15) is 0 Å². The zero-order chi connectivity index (χ0) is 22.7. The van der Waals surface area contributed by atoms with Gasteiger partial charge in [0.25, 0.3) is 0 Å². The molecule has 4 rings (SSSR count). The molecule has 3 heterocycles. The molecule has 1 atom stereocenters. The second-order valence-electron chi connectivity index (χ2n) is 8.01. The zero-order valence-electron chi connectivity index (χ0n) is 17.7. The highest BCUT2D eigenvalue weighted by Gasteiger charge is 2.33. The Kier molecular flexibility index (Phi) is 6.92. The first-order valence-electron chi connectivity index (χ1n) is 10.8. The van der Waals surface area contributed by atoms with Gasteiger partial charge in [0.2, 0.25) is 0 Å². The van der Waals surface area contributed by atoms with Crippen molar-refractivity contribution >= 4 is 23.5 Å². The van der Waals surface area contributed by atoms with Crippen LogP contribution in [-0.2, 0) is 9.57 Å². The van der Waals surface area contributed by atoms with Crippen molar-refractivity contribution in [1.29, 1.82) is 0 Å². The Labute approximate surface area is 184 Å². The van der Waals surface area contributed by atoms with Crippen molar-refractivity contribution in [3.8, 4) is 0 Å². The van der Waals surface area contributed by atoms with Gasteiger partial charge in [-0.05, 0) is 25.9 Å². The van der Waals surface area contributed by atoms with Gasteiger partial charge in [-0.25, -0.2) is 23.4 Å². The third-order valence-corrected chi connectivity index (χ3v) is 5.84. The van der Waals surface area contributed by atoms with Crippen molar-refractivity contribution in [3.05, 3.63) is 23.8 Å². The highest BCUT2D eigenvalue weighted by atomic mass is 19.1. The number of anilines is 2. The maximum absolute atomic E-state index is 14.9. The van der Waals surface area contributed by atoms with E-state index >= 15 is 0 Å². The Morgan fingerprint density at radius 1 is 1.19 bits per heavy atom. The van der Waals surface area contributed by atoms with Crippen molar-refractivity contribution in [1.82, 2.24) is 15.7 Å². The number of ether oxygens (including phenoxy) is 1. The van der Waals surface area contributed by atoms with Gasteiger partial charge in [0, 0.05) is 37.8 Å². The number of benzene rings is 1. The van der Waals surface area contributed by atoms with Crippen molar-refractivity contribution in [2.24, 2.45) is 5.73 Å². The summed E-state index contributed by atoms with van der Waals surface area (Å²) in [5.41, 5.74) is 5.36. The molecule has 0 unspecified atom stereocenters. The van der Waals surface area contributed by atoms with E-state index in [4.69, 9.17) is 15.3 Å². The molecule has 12 heteroatoms. The van der Waals surface area contributed by atoms with E-state index in [-0.39, 0.29) is 62.8 Å². The largest absolute Gasteiger partial charge is 0.443 e. The molecular weight excluding hydrogens is 426 g/mol. The summed E-state index contributed by atoms with van der Waals surface area (Å²) in [5, 5.41) is 7.38. The van der Waals surface area contributed by atoms with Crippen LogP contribution in [0.5, 0.6) is 0 Å². The number of amides is 3. The second kappa shape index (κ2) is 9.84. The number of nitrogens with two attached hydrogens (primary N) is 1. The first kappa shape index (κ1) is 22.5. The van der Waals surface area contributed by atoms with Crippen LogP contribution in [0.15, 0.2) is 12.1 Å². The molecule has 3 aliphatic rings. The summed E-state index contributed by atoms with van der Waals surface area (Å²) in [4.78, 5) is 32.7. The number of halogens is 2. The molecule has 1 aromatic carbocycles. The monoisotopic (exact) mass is 454 g/mol. The molecule has 4 N–H and O–H groups in total. The van der Waals surface area contributed by atoms with E-state index in [1.54, 1.807) is 0 Å². The molecule has 176 valence electrons. The minimum absolute atomic E-state index is 0.0683. The van der Waals surface area contributed by atoms with E-state index in [0.717, 1.165) is 43.0 Å². The summed E-state index contributed by atoms with van der Waals surface area (Å²) in [7, 11) is 0. The number of piperidine rings is 1. The average Bonchev–Trinajstić information content (AvgIpc) is 2.99. The Morgan fingerprint density at radius 2 is 1.91 bits per heavy atom. The summed E-state index contributed by atoms with van der Waals surface area (Å²) < 4.78 is 34.9. The van der Waals surface area contributed by atoms with Crippen LogP contribution in [0.1, 0.15) is 12.8 Å². The molecule has 0 saturated carbocycles. The maximum atomic E-state index is 14.9. The summed E-state index contributed by atoms with van der Waals surface area (Å²) in [6.45, 7) is 2.57. The van der Waals surface area contributed by atoms with Gasteiger partial charge in [-0.3, -0.25) is 9.74 Å². The number of nitrogens with one attached hydrogen (secondary N) is 2. The Hall–Kier alpha value is -2.70. The van der Waals surface area contributed by atoms with Crippen LogP contribution in [0.2, 0.25) is 0 Å². The summed E-state index contributed by atoms with van der Waals surface area (Å²) in [5.74, 6) is -1.62. The molecule has 3 fully saturated rings. The minimum Gasteiger partial charge on any atom is -0.443 e. The van der Waals surface area contributed by atoms with Crippen molar-refractivity contribution in [3.63, 3.8) is 0 Å². The van der Waals surface area contributed by atoms with E-state index in [0.29, 0.717) is 0 Å². The highest BCUT2D eigenvalue weighted by Crippen LogP contribution is 2.31. The summed E-state index contributed by atoms with van der Waals surface area (Å²) in [6, 6.07) is 1.93. The van der Waals surface area contributed by atoms with Crippen LogP contribution < -0.4 is 26.2 Å². The van der Waals surface area contributed by atoms with Crippen LogP contribution in [0, 0.1) is 11.6 Å². The van der Waals surface area contributed by atoms with Gasteiger partial charge in [0.05, 0.1) is 25.4 Å². The third-order valence-electron chi connectivity index (χ3n) is 5.84. The molecule has 0 spiro atoms. The highest BCUT2D eigenvalue weighted by molar-refractivity contribution is 5.90. The molecule has 0 aromatic heterocycles. The lowest BCUT2D eigenvalue weighted by molar-refractivity contribution is -0.105. The fourth-order valence-corrected chi connectivity index (χ4v) is 4.11. The van der Waals surface area contributed by atoms with Gasteiger partial charge in [-0.15, -0.1) is 0 Å². The zero-order valence-corrected chi connectivity index (χ0v) is 17.7. The molecule has 3 saturated heterocycles. The number of carbonyl (C=O) groups is 2. The molecule has 0 radical (unpaired) electrons. The number of hydrogen-bond donors (Lipinski definition) is 3. The number of nitrogens with zero attached hydrogens (tertiary/aromatic N) is 3. The van der Waals surface area contributed by atoms with E-state index in [9.17, 15) is 18.4 Å². The van der Waals surface area contributed by atoms with Crippen LogP contribution in [0.4, 0.5) is 29.7 Å². The lowest BCUT2D eigenvalue weighted by atomic mass is 10.1. The number of carbonyl (C=O) groups excluding carboxylic acids is 2. The van der Waals surface area contributed by atoms with Gasteiger partial charge in [0.1, 0.15) is 11.8 Å². The Bertz CT molecular complexity index is 830. The molecule has 1 aromatic rings. The van der Waals surface area contributed by atoms with Gasteiger partial charge >= 0.3 is 12.1 Å². The van der Waals surface area contributed by atoms with Gasteiger partial charge < -0.3 is 26.0 Å². The molecule has 32 heavy (non-hydrogen) atoms. The first-order valence-corrected chi connectivity index (χ1v) is 10.8. The Morgan fingerprint density at radius 3 is 2.56 bits per heavy atom. The third kappa shape index (κ3) is 4.87. The fraction of sp³-hybridized carbons (Fsp3) is 0.600. The van der Waals surface area contributed by atoms with E-state index in [1.165, 1.54) is 9.96 Å². The molecule has 3 aliphatic heterocycles. The predicted molar refractivity (Wildman–Crippen MR) is 112 cm³/mol. The van der Waals surface area contributed by atoms with Crippen molar-refractivity contribution in [2.75, 3.05) is 62.2 Å². The van der Waals surface area contributed by atoms with Crippen LogP contribution >= 0.6 is 0 Å². The van der Waals surface area contributed by atoms with Crippen LogP contribution in [-0.4, -0.2) is 81.8 Å². The lowest BCUT2D eigenvalue weighted by Crippen LogP contribution is -2.49. The van der Waals surface area contributed by atoms with Crippen LogP contribution in [0.25, 0.3) is 0 Å². The molecule has 3 amide bonds. The van der Waals surface area contributed by atoms with Crippen LogP contribution in [0.3, 0.4) is 0 Å². The smallest absolute Gasteiger partial charge is 0.414 e. The lowest BCUT2D eigenvalue weighted by Gasteiger charge is -2.27. The second-order valence-corrected chi connectivity index (χ2v) is 8.01. The molecular formula is C20H28F2N6O4. The predicted octanol–water partition coefficient (Wildman–Crippen LogP) is 0.764. The minimum atomic E-state index is -0.809. The number of hydroxylamine groups is 2. The fourth-order valence-electron chi connectivity index (χ4n) is 4.11. The summed E-state index contributed by atoms with van der Waals surface area (Å²) >= 11 is 0. The SMILES string of the molecule is NC[C@H]1CN(c2cc(F)c(N3CCON(C(=O)NC4CCNCC4)CC3)c(F)c2)C(=O)O1. The van der Waals surface area contributed by atoms with Gasteiger partial charge in [0.15, 0.2) is 11.6 Å². The number of urea groups is 1. The number of rotatable bonds is 4.